The van der Waals surface area contributed by atoms with Crippen molar-refractivity contribution in [1.82, 2.24) is 0 Å². The number of fused-ring (bicyclic) bond motifs is 3. The lowest BCUT2D eigenvalue weighted by molar-refractivity contribution is -0.344. The molecule has 1 aromatic rings. The van der Waals surface area contributed by atoms with Gasteiger partial charge in [0, 0.05) is 5.92 Å². The van der Waals surface area contributed by atoms with E-state index in [9.17, 15) is 30.3 Å². The minimum atomic E-state index is -1.65. The van der Waals surface area contributed by atoms with Crippen molar-refractivity contribution < 1.29 is 63.5 Å². The lowest BCUT2D eigenvalue weighted by atomic mass is 9.85. The van der Waals surface area contributed by atoms with Crippen LogP contribution >= 0.6 is 0 Å². The number of carbonyl (C=O) groups excluding carboxylic acids is 1. The van der Waals surface area contributed by atoms with E-state index < -0.39 is 85.8 Å². The molecule has 3 aliphatic heterocycles. The Kier molecular flexibility index (Phi) is 7.06. The van der Waals surface area contributed by atoms with Crippen LogP contribution in [0.1, 0.15) is 10.4 Å². The van der Waals surface area contributed by atoms with Crippen LogP contribution in [0.4, 0.5) is 0 Å². The zero-order valence-electron chi connectivity index (χ0n) is 20.1. The van der Waals surface area contributed by atoms with E-state index >= 15 is 0 Å². The van der Waals surface area contributed by atoms with Crippen molar-refractivity contribution in [3.05, 3.63) is 36.1 Å². The largest absolute Gasteiger partial charge is 0.493 e. The molecule has 13 nitrogen and oxygen atoms in total. The molecule has 1 aliphatic carbocycles. The van der Waals surface area contributed by atoms with Crippen LogP contribution in [0.5, 0.6) is 11.5 Å². The first kappa shape index (κ1) is 26.1. The van der Waals surface area contributed by atoms with Crippen LogP contribution in [0.25, 0.3) is 0 Å². The summed E-state index contributed by atoms with van der Waals surface area (Å²) in [6, 6.07) is 4.61. The summed E-state index contributed by atoms with van der Waals surface area (Å²) in [7, 11) is 2.93. The third-order valence-corrected chi connectivity index (χ3v) is 7.46. The van der Waals surface area contributed by atoms with Crippen LogP contribution in [0.2, 0.25) is 0 Å². The normalized spacial score (nSPS) is 41.8. The average molecular weight is 526 g/mol. The molecule has 1 aromatic carbocycles. The summed E-state index contributed by atoms with van der Waals surface area (Å²) in [6.45, 7) is -1.04. The Morgan fingerprint density at radius 2 is 1.78 bits per heavy atom. The van der Waals surface area contributed by atoms with E-state index in [0.29, 0.717) is 11.5 Å². The molecule has 0 spiro atoms. The third-order valence-electron chi connectivity index (χ3n) is 7.46. The first-order chi connectivity index (χ1) is 17.8. The highest BCUT2D eigenvalue weighted by Gasteiger charge is 2.77. The number of ether oxygens (including phenoxy) is 7. The Hall–Kier alpha value is -2.49. The summed E-state index contributed by atoms with van der Waals surface area (Å²) in [5, 5.41) is 50.2. The fraction of sp³-hybridized carbons (Fsp3) is 0.625. The molecule has 3 heterocycles. The number of methoxy groups -OCH3 is 2. The maximum Gasteiger partial charge on any atom is 0.338 e. The van der Waals surface area contributed by atoms with E-state index in [4.69, 9.17) is 33.2 Å². The summed E-state index contributed by atoms with van der Waals surface area (Å²) in [4.78, 5) is 13.0. The average Bonchev–Trinajstić information content (AvgIpc) is 3.60. The second-order valence-electron chi connectivity index (χ2n) is 9.36. The van der Waals surface area contributed by atoms with E-state index in [1.165, 1.54) is 32.6 Å². The van der Waals surface area contributed by atoms with Gasteiger partial charge in [0.2, 0.25) is 6.29 Å². The van der Waals surface area contributed by atoms with Gasteiger partial charge in [-0.15, -0.1) is 0 Å². The summed E-state index contributed by atoms with van der Waals surface area (Å²) in [6.07, 6.45) is -7.02. The lowest BCUT2D eigenvalue weighted by Gasteiger charge is -2.43. The molecule has 5 N–H and O–H groups in total. The van der Waals surface area contributed by atoms with E-state index in [0.717, 1.165) is 0 Å². The highest BCUT2D eigenvalue weighted by molar-refractivity contribution is 5.90. The summed E-state index contributed by atoms with van der Waals surface area (Å²) in [5.41, 5.74) is -0.918. The molecule has 0 aromatic heterocycles. The molecule has 37 heavy (non-hydrogen) atoms. The minimum Gasteiger partial charge on any atom is -0.493 e. The van der Waals surface area contributed by atoms with Crippen LogP contribution in [-0.4, -0.2) is 114 Å². The van der Waals surface area contributed by atoms with Crippen LogP contribution < -0.4 is 9.47 Å². The molecule has 204 valence electrons. The fourth-order valence-electron chi connectivity index (χ4n) is 5.44. The van der Waals surface area contributed by atoms with E-state index in [1.807, 2.05) is 0 Å². The van der Waals surface area contributed by atoms with Crippen molar-refractivity contribution in [2.45, 2.75) is 54.8 Å². The van der Waals surface area contributed by atoms with Crippen LogP contribution in [0, 0.1) is 11.8 Å². The molecular formula is C24H30O13. The van der Waals surface area contributed by atoms with Gasteiger partial charge >= 0.3 is 5.97 Å². The molecule has 0 radical (unpaired) electrons. The lowest BCUT2D eigenvalue weighted by Crippen LogP contribution is -2.60. The first-order valence-corrected chi connectivity index (χ1v) is 11.8. The number of hydrogen-bond acceptors (Lipinski definition) is 13. The quantitative estimate of drug-likeness (QED) is 0.191. The Morgan fingerprint density at radius 3 is 2.46 bits per heavy atom. The second kappa shape index (κ2) is 10.0. The molecule has 3 fully saturated rings. The molecule has 0 unspecified atom stereocenters. The smallest absolute Gasteiger partial charge is 0.338 e. The Morgan fingerprint density at radius 1 is 1.03 bits per heavy atom. The van der Waals surface area contributed by atoms with Crippen molar-refractivity contribution in [1.29, 1.82) is 0 Å². The molecule has 4 aliphatic rings. The monoisotopic (exact) mass is 526 g/mol. The van der Waals surface area contributed by atoms with E-state index in [1.54, 1.807) is 12.1 Å². The molecular weight excluding hydrogens is 496 g/mol. The van der Waals surface area contributed by atoms with E-state index in [2.05, 4.69) is 0 Å². The molecule has 13 heteroatoms. The van der Waals surface area contributed by atoms with Gasteiger partial charge in [-0.05, 0) is 24.3 Å². The molecule has 1 saturated carbocycles. The first-order valence-electron chi connectivity index (χ1n) is 11.8. The number of rotatable bonds is 8. The predicted octanol–water partition coefficient (Wildman–Crippen LogP) is -1.71. The Labute approximate surface area is 211 Å². The van der Waals surface area contributed by atoms with Gasteiger partial charge < -0.3 is 58.7 Å². The number of aliphatic hydroxyl groups is 5. The van der Waals surface area contributed by atoms with Crippen LogP contribution in [0.3, 0.4) is 0 Å². The van der Waals surface area contributed by atoms with Gasteiger partial charge in [0.25, 0.3) is 0 Å². The van der Waals surface area contributed by atoms with Gasteiger partial charge in [-0.2, -0.15) is 0 Å². The standard InChI is InChI=1S/C24H30O13/c1-31-12-4-3-10(7-13(12)32-2)21(30)35-19-11-5-6-33-22(15(11)24(9-26)20(19)37-24)36-23-18(29)17(28)16(27)14(8-25)34-23/h3-7,11,14-20,22-23,25-29H,8-9H2,1-2H3/t11-,14+,15-,16+,17-,18+,19-,20+,22+,23-,24+/m1/s1. The van der Waals surface area contributed by atoms with Crippen molar-refractivity contribution in [3.8, 4) is 11.5 Å². The number of epoxide rings is 1. The van der Waals surface area contributed by atoms with Gasteiger partial charge in [0.05, 0.1) is 45.2 Å². The Balaban J connectivity index is 1.34. The van der Waals surface area contributed by atoms with Crippen molar-refractivity contribution in [2.24, 2.45) is 11.8 Å². The highest BCUT2D eigenvalue weighted by atomic mass is 16.8. The SMILES string of the molecule is COc1ccc(C(=O)O[C@@H]2[C@@H]3C=CO[C@@H](O[C@H]4O[C@@H](CO)[C@H](O)[C@@H](O)[C@@H]4O)[C@@H]3[C@]3(CO)O[C@@H]23)cc1OC. The van der Waals surface area contributed by atoms with E-state index in [-0.39, 0.29) is 5.56 Å². The predicted molar refractivity (Wildman–Crippen MR) is 119 cm³/mol. The van der Waals surface area contributed by atoms with Gasteiger partial charge in [-0.1, -0.05) is 0 Å². The second-order valence-corrected chi connectivity index (χ2v) is 9.36. The minimum absolute atomic E-state index is 0.224. The van der Waals surface area contributed by atoms with Gasteiger partial charge in [0.1, 0.15) is 42.2 Å². The highest BCUT2D eigenvalue weighted by Crippen LogP contribution is 2.60. The zero-order chi connectivity index (χ0) is 26.5. The zero-order valence-corrected chi connectivity index (χ0v) is 20.1. The fourth-order valence-corrected chi connectivity index (χ4v) is 5.44. The van der Waals surface area contributed by atoms with Crippen molar-refractivity contribution >= 4 is 5.97 Å². The summed E-state index contributed by atoms with van der Waals surface area (Å²) < 4.78 is 39.0. The molecule has 5 rings (SSSR count). The van der Waals surface area contributed by atoms with Gasteiger partial charge in [-0.3, -0.25) is 0 Å². The number of benzene rings is 1. The number of esters is 1. The Bertz CT molecular complexity index is 1030. The van der Waals surface area contributed by atoms with Crippen molar-refractivity contribution in [3.63, 3.8) is 0 Å². The maximum atomic E-state index is 13.0. The topological polar surface area (TPSA) is 186 Å². The third kappa shape index (κ3) is 4.25. The molecule has 11 atom stereocenters. The van der Waals surface area contributed by atoms with Crippen LogP contribution in [-0.2, 0) is 23.7 Å². The van der Waals surface area contributed by atoms with Gasteiger partial charge in [0.15, 0.2) is 17.8 Å². The number of aliphatic hydroxyl groups excluding tert-OH is 5. The maximum absolute atomic E-state index is 13.0. The molecule has 0 bridgehead atoms. The molecule has 2 saturated heterocycles. The van der Waals surface area contributed by atoms with Crippen LogP contribution in [0.15, 0.2) is 30.5 Å². The van der Waals surface area contributed by atoms with Crippen molar-refractivity contribution in [2.75, 3.05) is 27.4 Å². The summed E-state index contributed by atoms with van der Waals surface area (Å²) in [5.74, 6) is -1.00. The summed E-state index contributed by atoms with van der Waals surface area (Å²) >= 11 is 0. The number of hydrogen-bond donors (Lipinski definition) is 5. The molecule has 0 amide bonds. The number of carbonyl (C=O) groups is 1. The van der Waals surface area contributed by atoms with Gasteiger partial charge in [-0.25, -0.2) is 4.79 Å².